The van der Waals surface area contributed by atoms with Gasteiger partial charge in [0.2, 0.25) is 0 Å². The Labute approximate surface area is 184 Å². The molecule has 1 fully saturated rings. The Hall–Kier alpha value is -1.32. The lowest BCUT2D eigenvalue weighted by atomic mass is 10.1. The molecule has 2 heterocycles. The molecule has 0 unspecified atom stereocenters. The Morgan fingerprint density at radius 2 is 1.79 bits per heavy atom. The molecule has 1 aromatic heterocycles. The molecule has 4 rings (SSSR count). The number of likely N-dealkylation sites (N-methyl/N-ethyl adjacent to an activating group) is 1. The maximum absolute atomic E-state index is 13.5. The third kappa shape index (κ3) is 4.14. The van der Waals surface area contributed by atoms with Gasteiger partial charge in [-0.1, -0.05) is 12.1 Å². The van der Waals surface area contributed by atoms with Gasteiger partial charge >= 0.3 is 0 Å². The zero-order chi connectivity index (χ0) is 20.6. The monoisotopic (exact) mass is 493 g/mol. The van der Waals surface area contributed by atoms with Gasteiger partial charge < -0.3 is 4.90 Å². The van der Waals surface area contributed by atoms with Crippen LogP contribution in [0.1, 0.15) is 5.56 Å². The Kier molecular flexibility index (Phi) is 6.09. The third-order valence-electron chi connectivity index (χ3n) is 5.42. The fraction of sp³-hybridized carbons (Fsp3) is 0.333. The number of aromatic nitrogens is 1. The van der Waals surface area contributed by atoms with E-state index in [0.717, 1.165) is 54.1 Å². The number of fused-ring (bicyclic) bond motifs is 1. The second kappa shape index (κ2) is 8.43. The first-order chi connectivity index (χ1) is 13.9. The highest BCUT2D eigenvalue weighted by molar-refractivity contribution is 9.10. The van der Waals surface area contributed by atoms with E-state index in [9.17, 15) is 8.42 Å². The summed E-state index contributed by atoms with van der Waals surface area (Å²) >= 11 is 5.07. The van der Waals surface area contributed by atoms with Crippen LogP contribution in [0, 0.1) is 0 Å². The van der Waals surface area contributed by atoms with Crippen molar-refractivity contribution in [3.63, 3.8) is 0 Å². The van der Waals surface area contributed by atoms with Crippen LogP contribution < -0.4 is 0 Å². The van der Waals surface area contributed by atoms with Crippen LogP contribution in [0.4, 0.5) is 0 Å². The first kappa shape index (κ1) is 20.9. The highest BCUT2D eigenvalue weighted by Crippen LogP contribution is 2.32. The number of thioether (sulfide) groups is 1. The molecule has 0 spiro atoms. The molecule has 0 amide bonds. The largest absolute Gasteiger partial charge is 0.304 e. The summed E-state index contributed by atoms with van der Waals surface area (Å²) in [6.07, 6.45) is 3.85. The average Bonchev–Trinajstić information content (AvgIpc) is 3.08. The van der Waals surface area contributed by atoms with Crippen LogP contribution in [0.3, 0.4) is 0 Å². The van der Waals surface area contributed by atoms with E-state index in [1.807, 2.05) is 30.7 Å². The van der Waals surface area contributed by atoms with Crippen LogP contribution >= 0.6 is 27.7 Å². The fourth-order valence-electron chi connectivity index (χ4n) is 3.70. The lowest BCUT2D eigenvalue weighted by Gasteiger charge is -2.32. The van der Waals surface area contributed by atoms with E-state index in [4.69, 9.17) is 0 Å². The summed E-state index contributed by atoms with van der Waals surface area (Å²) in [5, 5.41) is 1.01. The van der Waals surface area contributed by atoms with E-state index in [1.165, 1.54) is 3.97 Å². The summed E-state index contributed by atoms with van der Waals surface area (Å²) in [4.78, 5) is 6.13. The molecule has 2 aromatic carbocycles. The standard InChI is InChI=1S/C21H24BrN3O2S2/c1-23-9-11-24(12-10-23)14-16-15-25(20-8-7-17(28-2)13-18(16)20)29(26,27)21-6-4-3-5-19(21)22/h3-8,13,15H,9-12,14H2,1-2H3. The van der Waals surface area contributed by atoms with Gasteiger partial charge in [-0.25, -0.2) is 12.4 Å². The van der Waals surface area contributed by atoms with E-state index >= 15 is 0 Å². The molecule has 1 aliphatic rings. The predicted octanol–water partition coefficient (Wildman–Crippen LogP) is 4.11. The van der Waals surface area contributed by atoms with Crippen LogP contribution in [0.2, 0.25) is 0 Å². The molecular weight excluding hydrogens is 470 g/mol. The number of piperazine rings is 1. The summed E-state index contributed by atoms with van der Waals surface area (Å²) in [6.45, 7) is 4.79. The summed E-state index contributed by atoms with van der Waals surface area (Å²) in [6, 6.07) is 13.0. The lowest BCUT2D eigenvalue weighted by molar-refractivity contribution is 0.148. The Morgan fingerprint density at radius 3 is 2.48 bits per heavy atom. The lowest BCUT2D eigenvalue weighted by Crippen LogP contribution is -2.43. The highest BCUT2D eigenvalue weighted by atomic mass is 79.9. The van der Waals surface area contributed by atoms with Gasteiger partial charge in [-0.05, 0) is 65.1 Å². The summed E-state index contributed by atoms with van der Waals surface area (Å²) in [7, 11) is -1.57. The molecule has 1 aliphatic heterocycles. The summed E-state index contributed by atoms with van der Waals surface area (Å²) < 4.78 is 29.0. The Morgan fingerprint density at radius 1 is 1.07 bits per heavy atom. The number of nitrogens with zero attached hydrogens (tertiary/aromatic N) is 3. The van der Waals surface area contributed by atoms with E-state index in [-0.39, 0.29) is 4.90 Å². The minimum atomic E-state index is -3.71. The van der Waals surface area contributed by atoms with Crippen LogP contribution in [0.25, 0.3) is 10.9 Å². The molecule has 3 aromatic rings. The molecule has 0 bridgehead atoms. The molecule has 0 saturated carbocycles. The smallest absolute Gasteiger partial charge is 0.269 e. The first-order valence-electron chi connectivity index (χ1n) is 9.49. The number of rotatable bonds is 5. The third-order valence-corrected chi connectivity index (χ3v) is 8.83. The minimum absolute atomic E-state index is 0.275. The molecule has 154 valence electrons. The minimum Gasteiger partial charge on any atom is -0.304 e. The van der Waals surface area contributed by atoms with Crippen LogP contribution in [-0.2, 0) is 16.6 Å². The maximum atomic E-state index is 13.5. The SMILES string of the molecule is CSc1ccc2c(c1)c(CN1CCN(C)CC1)cn2S(=O)(=O)c1ccccc1Br. The van der Waals surface area contributed by atoms with Gasteiger partial charge in [0.15, 0.2) is 0 Å². The quantitative estimate of drug-likeness (QED) is 0.500. The van der Waals surface area contributed by atoms with Gasteiger partial charge in [0.25, 0.3) is 10.0 Å². The average molecular weight is 494 g/mol. The molecule has 0 radical (unpaired) electrons. The zero-order valence-electron chi connectivity index (χ0n) is 16.5. The van der Waals surface area contributed by atoms with Crippen molar-refractivity contribution in [3.8, 4) is 0 Å². The van der Waals surface area contributed by atoms with Gasteiger partial charge in [0.1, 0.15) is 4.90 Å². The molecular formula is C21H24BrN3O2S2. The van der Waals surface area contributed by atoms with Crippen molar-refractivity contribution >= 4 is 48.6 Å². The summed E-state index contributed by atoms with van der Waals surface area (Å²) in [5.41, 5.74) is 1.78. The molecule has 29 heavy (non-hydrogen) atoms. The fourth-order valence-corrected chi connectivity index (χ4v) is 6.50. The van der Waals surface area contributed by atoms with E-state index < -0.39 is 10.0 Å². The first-order valence-corrected chi connectivity index (χ1v) is 12.9. The van der Waals surface area contributed by atoms with Crippen molar-refractivity contribution in [2.45, 2.75) is 16.3 Å². The second-order valence-corrected chi connectivity index (χ2v) is 10.9. The van der Waals surface area contributed by atoms with Crippen molar-refractivity contribution in [1.82, 2.24) is 13.8 Å². The van der Waals surface area contributed by atoms with Gasteiger partial charge in [0, 0.05) is 53.7 Å². The highest BCUT2D eigenvalue weighted by Gasteiger charge is 2.24. The normalized spacial score (nSPS) is 16.5. The molecule has 1 saturated heterocycles. The molecule has 5 nitrogen and oxygen atoms in total. The molecule has 0 N–H and O–H groups in total. The van der Waals surface area contributed by atoms with Gasteiger partial charge in [-0.15, -0.1) is 11.8 Å². The van der Waals surface area contributed by atoms with Crippen molar-refractivity contribution < 1.29 is 8.42 Å². The number of hydrogen-bond acceptors (Lipinski definition) is 5. The molecule has 8 heteroatoms. The number of benzene rings is 2. The van der Waals surface area contributed by atoms with Crippen molar-refractivity contribution in [2.24, 2.45) is 0 Å². The number of hydrogen-bond donors (Lipinski definition) is 0. The van der Waals surface area contributed by atoms with Crippen molar-refractivity contribution in [1.29, 1.82) is 0 Å². The second-order valence-electron chi connectivity index (χ2n) is 7.35. The van der Waals surface area contributed by atoms with Crippen molar-refractivity contribution in [3.05, 3.63) is 58.7 Å². The van der Waals surface area contributed by atoms with Crippen LogP contribution in [0.5, 0.6) is 0 Å². The zero-order valence-corrected chi connectivity index (χ0v) is 19.7. The van der Waals surface area contributed by atoms with Gasteiger partial charge in [-0.3, -0.25) is 4.90 Å². The van der Waals surface area contributed by atoms with Gasteiger partial charge in [-0.2, -0.15) is 0 Å². The Balaban J connectivity index is 1.82. The van der Waals surface area contributed by atoms with E-state index in [1.54, 1.807) is 30.0 Å². The predicted molar refractivity (Wildman–Crippen MR) is 123 cm³/mol. The van der Waals surface area contributed by atoms with Crippen LogP contribution in [-0.4, -0.2) is 61.7 Å². The molecule has 0 atom stereocenters. The van der Waals surface area contributed by atoms with Crippen LogP contribution in [0.15, 0.2) is 62.9 Å². The van der Waals surface area contributed by atoms with Crippen molar-refractivity contribution in [2.75, 3.05) is 39.5 Å². The van der Waals surface area contributed by atoms with E-state index in [0.29, 0.717) is 4.47 Å². The summed E-state index contributed by atoms with van der Waals surface area (Å²) in [5.74, 6) is 0. The molecule has 0 aliphatic carbocycles. The maximum Gasteiger partial charge on any atom is 0.269 e. The Bertz CT molecular complexity index is 1140. The number of halogens is 1. The van der Waals surface area contributed by atoms with E-state index in [2.05, 4.69) is 38.8 Å². The van der Waals surface area contributed by atoms with Gasteiger partial charge in [0.05, 0.1) is 5.52 Å². The topological polar surface area (TPSA) is 45.5 Å².